The van der Waals surface area contributed by atoms with E-state index in [0.29, 0.717) is 17.9 Å². The van der Waals surface area contributed by atoms with Gasteiger partial charge in [-0.25, -0.2) is 5.43 Å². The predicted molar refractivity (Wildman–Crippen MR) is 92.8 cm³/mol. The third-order valence-corrected chi connectivity index (χ3v) is 3.21. The summed E-state index contributed by atoms with van der Waals surface area (Å²) in [6.45, 7) is 2.82. The van der Waals surface area contributed by atoms with E-state index in [1.807, 2.05) is 24.3 Å². The van der Waals surface area contributed by atoms with Crippen LogP contribution in [0.5, 0.6) is 5.75 Å². The molecule has 0 aliphatic carbocycles. The number of nitrogens with zero attached hydrogens (tertiary/aromatic N) is 1. The van der Waals surface area contributed by atoms with E-state index < -0.39 is 0 Å². The van der Waals surface area contributed by atoms with Gasteiger partial charge in [0, 0.05) is 5.69 Å². The molecule has 0 saturated carbocycles. The molecule has 5 heteroatoms. The summed E-state index contributed by atoms with van der Waals surface area (Å²) in [5.41, 5.74) is 9.90. The third-order valence-electron chi connectivity index (χ3n) is 3.21. The second-order valence-electron chi connectivity index (χ2n) is 5.06. The molecule has 0 radical (unpaired) electrons. The van der Waals surface area contributed by atoms with Gasteiger partial charge < -0.3 is 10.5 Å². The first-order chi connectivity index (χ1) is 11.2. The highest BCUT2D eigenvalue weighted by atomic mass is 16.5. The van der Waals surface area contributed by atoms with Crippen LogP contribution in [0.1, 0.15) is 35.7 Å². The Labute approximate surface area is 136 Å². The van der Waals surface area contributed by atoms with Crippen molar-refractivity contribution in [1.82, 2.24) is 5.43 Å². The summed E-state index contributed by atoms with van der Waals surface area (Å²) in [7, 11) is 0. The normalized spacial score (nSPS) is 10.7. The first-order valence-corrected chi connectivity index (χ1v) is 7.61. The SMILES string of the molecule is CCCCOc1cccc(/C=N\NC(=O)c2ccccc2N)c1. The first kappa shape index (κ1) is 16.5. The van der Waals surface area contributed by atoms with E-state index in [1.165, 1.54) is 0 Å². The van der Waals surface area contributed by atoms with Crippen LogP contribution >= 0.6 is 0 Å². The van der Waals surface area contributed by atoms with Crippen molar-refractivity contribution in [2.75, 3.05) is 12.3 Å². The molecule has 1 amide bonds. The fourth-order valence-corrected chi connectivity index (χ4v) is 1.95. The molecule has 0 spiro atoms. The van der Waals surface area contributed by atoms with Crippen LogP contribution in [0.4, 0.5) is 5.69 Å². The van der Waals surface area contributed by atoms with Gasteiger partial charge in [0.2, 0.25) is 0 Å². The summed E-state index contributed by atoms with van der Waals surface area (Å²) in [4.78, 5) is 12.0. The Bertz CT molecular complexity index is 683. The second-order valence-corrected chi connectivity index (χ2v) is 5.06. The molecule has 0 aliphatic heterocycles. The number of ether oxygens (including phenoxy) is 1. The van der Waals surface area contributed by atoms with Gasteiger partial charge in [-0.1, -0.05) is 37.6 Å². The number of nitrogens with two attached hydrogens (primary N) is 1. The lowest BCUT2D eigenvalue weighted by molar-refractivity contribution is 0.0956. The van der Waals surface area contributed by atoms with Crippen molar-refractivity contribution in [2.45, 2.75) is 19.8 Å². The number of para-hydroxylation sites is 1. The van der Waals surface area contributed by atoms with Crippen LogP contribution in [-0.4, -0.2) is 18.7 Å². The lowest BCUT2D eigenvalue weighted by Crippen LogP contribution is -2.18. The van der Waals surface area contributed by atoms with Crippen molar-refractivity contribution in [3.63, 3.8) is 0 Å². The molecule has 0 bridgehead atoms. The van der Waals surface area contributed by atoms with Crippen LogP contribution in [0, 0.1) is 0 Å². The Balaban J connectivity index is 1.94. The molecule has 0 saturated heterocycles. The smallest absolute Gasteiger partial charge is 0.273 e. The van der Waals surface area contributed by atoms with Crippen LogP contribution in [-0.2, 0) is 0 Å². The van der Waals surface area contributed by atoms with Gasteiger partial charge in [-0.2, -0.15) is 5.10 Å². The highest BCUT2D eigenvalue weighted by Crippen LogP contribution is 2.13. The zero-order chi connectivity index (χ0) is 16.5. The van der Waals surface area contributed by atoms with E-state index in [1.54, 1.807) is 30.5 Å². The number of carbonyl (C=O) groups excluding carboxylic acids is 1. The number of nitrogens with one attached hydrogen (secondary N) is 1. The largest absolute Gasteiger partial charge is 0.494 e. The maximum Gasteiger partial charge on any atom is 0.273 e. The van der Waals surface area contributed by atoms with Gasteiger partial charge >= 0.3 is 0 Å². The zero-order valence-electron chi connectivity index (χ0n) is 13.2. The minimum Gasteiger partial charge on any atom is -0.494 e. The number of carbonyl (C=O) groups is 1. The highest BCUT2D eigenvalue weighted by Gasteiger charge is 2.06. The lowest BCUT2D eigenvalue weighted by Gasteiger charge is -2.05. The van der Waals surface area contributed by atoms with Crippen LogP contribution in [0.3, 0.4) is 0 Å². The van der Waals surface area contributed by atoms with Crippen molar-refractivity contribution in [3.05, 3.63) is 59.7 Å². The Hall–Kier alpha value is -2.82. The van der Waals surface area contributed by atoms with Gasteiger partial charge in [0.1, 0.15) is 5.75 Å². The Morgan fingerprint density at radius 3 is 2.87 bits per heavy atom. The molecule has 0 heterocycles. The summed E-state index contributed by atoms with van der Waals surface area (Å²) >= 11 is 0. The average Bonchev–Trinajstić information content (AvgIpc) is 2.56. The van der Waals surface area contributed by atoms with E-state index in [0.717, 1.165) is 24.2 Å². The number of hydrogen-bond donors (Lipinski definition) is 2. The molecule has 2 aromatic rings. The number of nitrogen functional groups attached to an aromatic ring is 1. The van der Waals surface area contributed by atoms with E-state index in [4.69, 9.17) is 10.5 Å². The Morgan fingerprint density at radius 1 is 1.26 bits per heavy atom. The molecule has 2 rings (SSSR count). The van der Waals surface area contributed by atoms with E-state index in [-0.39, 0.29) is 5.91 Å². The molecule has 2 aromatic carbocycles. The third kappa shape index (κ3) is 5.14. The standard InChI is InChI=1S/C18H21N3O2/c1-2-3-11-23-15-8-6-7-14(12-15)13-20-21-18(22)16-9-4-5-10-17(16)19/h4-10,12-13H,2-3,11,19H2,1H3,(H,21,22)/b20-13-. The van der Waals surface area contributed by atoms with Crippen molar-refractivity contribution in [3.8, 4) is 5.75 Å². The summed E-state index contributed by atoms with van der Waals surface area (Å²) in [5, 5.41) is 3.96. The molecule has 0 unspecified atom stereocenters. The van der Waals surface area contributed by atoms with Crippen LogP contribution in [0.25, 0.3) is 0 Å². The summed E-state index contributed by atoms with van der Waals surface area (Å²) in [6, 6.07) is 14.4. The summed E-state index contributed by atoms with van der Waals surface area (Å²) < 4.78 is 5.63. The molecular formula is C18H21N3O2. The number of hydrogen-bond acceptors (Lipinski definition) is 4. The van der Waals surface area contributed by atoms with Gasteiger partial charge in [-0.15, -0.1) is 0 Å². The first-order valence-electron chi connectivity index (χ1n) is 7.61. The van der Waals surface area contributed by atoms with Crippen LogP contribution < -0.4 is 15.9 Å². The molecule has 0 aromatic heterocycles. The maximum atomic E-state index is 12.0. The predicted octanol–water partition coefficient (Wildman–Crippen LogP) is 3.21. The van der Waals surface area contributed by atoms with Crippen molar-refractivity contribution >= 4 is 17.8 Å². The summed E-state index contributed by atoms with van der Waals surface area (Å²) in [5.74, 6) is 0.454. The van der Waals surface area contributed by atoms with Crippen molar-refractivity contribution < 1.29 is 9.53 Å². The van der Waals surface area contributed by atoms with Gasteiger partial charge in [-0.3, -0.25) is 4.79 Å². The maximum absolute atomic E-state index is 12.0. The quantitative estimate of drug-likeness (QED) is 0.357. The molecule has 3 N–H and O–H groups in total. The van der Waals surface area contributed by atoms with Gasteiger partial charge in [-0.05, 0) is 36.2 Å². The highest BCUT2D eigenvalue weighted by molar-refractivity contribution is 5.99. The van der Waals surface area contributed by atoms with Crippen LogP contribution in [0.15, 0.2) is 53.6 Å². The number of amides is 1. The molecule has 0 fully saturated rings. The molecule has 5 nitrogen and oxygen atoms in total. The Kier molecular flexibility index (Phi) is 6.17. The van der Waals surface area contributed by atoms with E-state index in [2.05, 4.69) is 17.5 Å². The second kappa shape index (κ2) is 8.58. The van der Waals surface area contributed by atoms with Gasteiger partial charge in [0.05, 0.1) is 18.4 Å². The molecular weight excluding hydrogens is 290 g/mol. The Morgan fingerprint density at radius 2 is 2.09 bits per heavy atom. The minimum absolute atomic E-state index is 0.338. The number of anilines is 1. The summed E-state index contributed by atoms with van der Waals surface area (Å²) in [6.07, 6.45) is 3.69. The fraction of sp³-hybridized carbons (Fsp3) is 0.222. The van der Waals surface area contributed by atoms with Crippen molar-refractivity contribution in [2.24, 2.45) is 5.10 Å². The molecule has 0 aliphatic rings. The fourth-order valence-electron chi connectivity index (χ4n) is 1.95. The van der Waals surface area contributed by atoms with E-state index >= 15 is 0 Å². The number of benzene rings is 2. The zero-order valence-corrected chi connectivity index (χ0v) is 13.2. The van der Waals surface area contributed by atoms with Crippen molar-refractivity contribution in [1.29, 1.82) is 0 Å². The van der Waals surface area contributed by atoms with Crippen LogP contribution in [0.2, 0.25) is 0 Å². The van der Waals surface area contributed by atoms with Gasteiger partial charge in [0.25, 0.3) is 5.91 Å². The number of hydrazone groups is 1. The van der Waals surface area contributed by atoms with E-state index in [9.17, 15) is 4.79 Å². The number of unbranched alkanes of at least 4 members (excludes halogenated alkanes) is 1. The minimum atomic E-state index is -0.338. The average molecular weight is 311 g/mol. The number of rotatable bonds is 7. The molecule has 23 heavy (non-hydrogen) atoms. The molecule has 120 valence electrons. The lowest BCUT2D eigenvalue weighted by atomic mass is 10.2. The van der Waals surface area contributed by atoms with Gasteiger partial charge in [0.15, 0.2) is 0 Å². The molecule has 0 atom stereocenters. The topological polar surface area (TPSA) is 76.7 Å². The monoisotopic (exact) mass is 311 g/mol.